The van der Waals surface area contributed by atoms with Crippen LogP contribution in [0.15, 0.2) is 0 Å². The molecule has 102 valence electrons. The molecule has 1 unspecified atom stereocenters. The lowest BCUT2D eigenvalue weighted by Gasteiger charge is -2.29. The molecule has 2 rings (SSSR count). The second-order valence-corrected chi connectivity index (χ2v) is 5.11. The average Bonchev–Trinajstić information content (AvgIpc) is 3.09. The Labute approximate surface area is 106 Å². The Morgan fingerprint density at radius 1 is 1.39 bits per heavy atom. The zero-order valence-corrected chi connectivity index (χ0v) is 10.6. The highest BCUT2D eigenvalue weighted by Gasteiger charge is 2.48. The Kier molecular flexibility index (Phi) is 4.19. The summed E-state index contributed by atoms with van der Waals surface area (Å²) in [5.74, 6) is -1.78. The zero-order chi connectivity index (χ0) is 13.1. The maximum Gasteiger partial charge on any atom is 0.307 e. The summed E-state index contributed by atoms with van der Waals surface area (Å²) < 4.78 is 5.26. The molecule has 6 nitrogen and oxygen atoms in total. The number of carbonyl (C=O) groups excluding carboxylic acids is 1. The van der Waals surface area contributed by atoms with Crippen LogP contribution in [0.2, 0.25) is 0 Å². The zero-order valence-electron chi connectivity index (χ0n) is 10.6. The van der Waals surface area contributed by atoms with Crippen LogP contribution in [0.4, 0.5) is 0 Å². The van der Waals surface area contributed by atoms with Crippen LogP contribution >= 0.6 is 0 Å². The standard InChI is InChI=1S/C12H20N2O4/c1-8(7-14-2-4-18-5-3-14)13-11(15)9-6-10(9)12(16)17/h8-10H,2-7H2,1H3,(H,13,15)(H,16,17)/t8?,9-,10+/m1/s1. The molecule has 0 bridgehead atoms. The van der Waals surface area contributed by atoms with Gasteiger partial charge in [0.2, 0.25) is 5.91 Å². The van der Waals surface area contributed by atoms with Crippen LogP contribution < -0.4 is 5.32 Å². The van der Waals surface area contributed by atoms with Crippen molar-refractivity contribution in [3.05, 3.63) is 0 Å². The highest BCUT2D eigenvalue weighted by Crippen LogP contribution is 2.38. The van der Waals surface area contributed by atoms with Crippen molar-refractivity contribution in [2.24, 2.45) is 11.8 Å². The number of nitrogens with one attached hydrogen (secondary N) is 1. The summed E-state index contributed by atoms with van der Waals surface area (Å²) in [7, 11) is 0. The monoisotopic (exact) mass is 256 g/mol. The number of rotatable bonds is 5. The van der Waals surface area contributed by atoms with Gasteiger partial charge < -0.3 is 15.2 Å². The predicted molar refractivity (Wildman–Crippen MR) is 64.1 cm³/mol. The van der Waals surface area contributed by atoms with Crippen LogP contribution in [0.3, 0.4) is 0 Å². The van der Waals surface area contributed by atoms with Crippen LogP contribution in [0, 0.1) is 11.8 Å². The minimum absolute atomic E-state index is 0.0469. The lowest BCUT2D eigenvalue weighted by Crippen LogP contribution is -2.46. The number of ether oxygens (including phenoxy) is 1. The summed E-state index contributed by atoms with van der Waals surface area (Å²) in [6, 6.07) is 0.0469. The molecule has 2 N–H and O–H groups in total. The Morgan fingerprint density at radius 2 is 2.06 bits per heavy atom. The van der Waals surface area contributed by atoms with Gasteiger partial charge in [-0.15, -0.1) is 0 Å². The number of nitrogens with zero attached hydrogens (tertiary/aromatic N) is 1. The summed E-state index contributed by atoms with van der Waals surface area (Å²) >= 11 is 0. The highest BCUT2D eigenvalue weighted by atomic mass is 16.5. The first-order chi connectivity index (χ1) is 8.58. The van der Waals surface area contributed by atoms with E-state index in [1.165, 1.54) is 0 Å². The van der Waals surface area contributed by atoms with Crippen LogP contribution in [0.1, 0.15) is 13.3 Å². The Hall–Kier alpha value is -1.14. The van der Waals surface area contributed by atoms with Gasteiger partial charge in [-0.25, -0.2) is 0 Å². The first kappa shape index (κ1) is 13.3. The molecule has 2 aliphatic rings. The molecule has 1 heterocycles. The molecule has 1 aliphatic heterocycles. The maximum absolute atomic E-state index is 11.8. The number of carboxylic acid groups (broad SMARTS) is 1. The fourth-order valence-corrected chi connectivity index (χ4v) is 2.32. The lowest BCUT2D eigenvalue weighted by atomic mass is 10.2. The van der Waals surface area contributed by atoms with E-state index < -0.39 is 11.9 Å². The van der Waals surface area contributed by atoms with E-state index in [0.717, 1.165) is 32.8 Å². The first-order valence-corrected chi connectivity index (χ1v) is 6.41. The quantitative estimate of drug-likeness (QED) is 0.696. The van der Waals surface area contributed by atoms with Gasteiger partial charge in [0.25, 0.3) is 0 Å². The van der Waals surface area contributed by atoms with Crippen LogP contribution in [-0.2, 0) is 14.3 Å². The number of hydrogen-bond donors (Lipinski definition) is 2. The average molecular weight is 256 g/mol. The van der Waals surface area contributed by atoms with Crippen LogP contribution in [0.25, 0.3) is 0 Å². The minimum atomic E-state index is -0.865. The van der Waals surface area contributed by atoms with Crippen molar-refractivity contribution < 1.29 is 19.4 Å². The predicted octanol–water partition coefficient (Wildman–Crippen LogP) is -0.456. The van der Waals surface area contributed by atoms with Crippen molar-refractivity contribution in [2.75, 3.05) is 32.8 Å². The third-order valence-electron chi connectivity index (χ3n) is 3.47. The topological polar surface area (TPSA) is 78.9 Å². The summed E-state index contributed by atoms with van der Waals surface area (Å²) in [5, 5.41) is 11.7. The fraction of sp³-hybridized carbons (Fsp3) is 0.833. The molecule has 6 heteroatoms. The Balaban J connectivity index is 1.69. The van der Waals surface area contributed by atoms with Gasteiger partial charge >= 0.3 is 5.97 Å². The van der Waals surface area contributed by atoms with Crippen LogP contribution in [0.5, 0.6) is 0 Å². The molecule has 0 aromatic rings. The molecule has 0 aromatic carbocycles. The first-order valence-electron chi connectivity index (χ1n) is 6.41. The number of hydrogen-bond acceptors (Lipinski definition) is 4. The maximum atomic E-state index is 11.8. The lowest BCUT2D eigenvalue weighted by molar-refractivity contribution is -0.140. The second-order valence-electron chi connectivity index (χ2n) is 5.11. The summed E-state index contributed by atoms with van der Waals surface area (Å²) in [6.45, 7) is 6.00. The molecule has 2 fully saturated rings. The van der Waals surface area contributed by atoms with Crippen molar-refractivity contribution in [1.29, 1.82) is 0 Å². The van der Waals surface area contributed by atoms with E-state index in [1.807, 2.05) is 6.92 Å². The third kappa shape index (κ3) is 3.43. The van der Waals surface area contributed by atoms with E-state index >= 15 is 0 Å². The van der Waals surface area contributed by atoms with E-state index in [-0.39, 0.29) is 17.9 Å². The van der Waals surface area contributed by atoms with E-state index in [0.29, 0.717) is 6.42 Å². The number of carboxylic acids is 1. The molecule has 3 atom stereocenters. The van der Waals surface area contributed by atoms with Crippen molar-refractivity contribution in [2.45, 2.75) is 19.4 Å². The van der Waals surface area contributed by atoms with E-state index in [4.69, 9.17) is 9.84 Å². The summed E-state index contributed by atoms with van der Waals surface area (Å²) in [6.07, 6.45) is 0.478. The fourth-order valence-electron chi connectivity index (χ4n) is 2.32. The number of morpholine rings is 1. The highest BCUT2D eigenvalue weighted by molar-refractivity contribution is 5.89. The Bertz CT molecular complexity index is 328. The van der Waals surface area contributed by atoms with Gasteiger partial charge in [-0.1, -0.05) is 0 Å². The number of amides is 1. The van der Waals surface area contributed by atoms with Gasteiger partial charge in [0, 0.05) is 25.7 Å². The van der Waals surface area contributed by atoms with Gasteiger partial charge in [0.15, 0.2) is 0 Å². The normalized spacial score (nSPS) is 29.6. The van der Waals surface area contributed by atoms with E-state index in [2.05, 4.69) is 10.2 Å². The largest absolute Gasteiger partial charge is 0.481 e. The van der Waals surface area contributed by atoms with Crippen molar-refractivity contribution in [3.63, 3.8) is 0 Å². The van der Waals surface area contributed by atoms with Gasteiger partial charge in [-0.05, 0) is 13.3 Å². The Morgan fingerprint density at radius 3 is 2.61 bits per heavy atom. The minimum Gasteiger partial charge on any atom is -0.481 e. The molecule has 0 aromatic heterocycles. The van der Waals surface area contributed by atoms with Crippen molar-refractivity contribution in [3.8, 4) is 0 Å². The molecule has 18 heavy (non-hydrogen) atoms. The number of aliphatic carboxylic acids is 1. The number of carbonyl (C=O) groups is 2. The molecular formula is C12H20N2O4. The summed E-state index contributed by atoms with van der Waals surface area (Å²) in [5.41, 5.74) is 0. The van der Waals surface area contributed by atoms with Gasteiger partial charge in [-0.2, -0.15) is 0 Å². The van der Waals surface area contributed by atoms with Crippen molar-refractivity contribution >= 4 is 11.9 Å². The van der Waals surface area contributed by atoms with E-state index in [9.17, 15) is 9.59 Å². The summed E-state index contributed by atoms with van der Waals surface area (Å²) in [4.78, 5) is 24.7. The second kappa shape index (κ2) is 5.67. The molecule has 0 radical (unpaired) electrons. The smallest absolute Gasteiger partial charge is 0.307 e. The molecule has 0 spiro atoms. The molecular weight excluding hydrogens is 236 g/mol. The SMILES string of the molecule is CC(CN1CCOCC1)NC(=O)[C@@H]1C[C@@H]1C(=O)O. The molecule has 1 saturated carbocycles. The van der Waals surface area contributed by atoms with Gasteiger partial charge in [0.1, 0.15) is 0 Å². The molecule has 1 aliphatic carbocycles. The molecule has 1 amide bonds. The van der Waals surface area contributed by atoms with Gasteiger partial charge in [-0.3, -0.25) is 14.5 Å². The molecule has 1 saturated heterocycles. The van der Waals surface area contributed by atoms with Crippen molar-refractivity contribution in [1.82, 2.24) is 10.2 Å². The van der Waals surface area contributed by atoms with Gasteiger partial charge in [0.05, 0.1) is 25.0 Å². The van der Waals surface area contributed by atoms with E-state index in [1.54, 1.807) is 0 Å². The van der Waals surface area contributed by atoms with Crippen LogP contribution in [-0.4, -0.2) is 60.8 Å². The third-order valence-corrected chi connectivity index (χ3v) is 3.47.